The van der Waals surface area contributed by atoms with Gasteiger partial charge in [-0.2, -0.15) is 0 Å². The molecule has 1 heterocycles. The van der Waals surface area contributed by atoms with E-state index in [-0.39, 0.29) is 5.78 Å². The van der Waals surface area contributed by atoms with Crippen LogP contribution in [0.3, 0.4) is 0 Å². The molecule has 0 amide bonds. The molecule has 2 nitrogen and oxygen atoms in total. The van der Waals surface area contributed by atoms with Crippen molar-refractivity contribution in [2.75, 3.05) is 0 Å². The molecule has 0 unspecified atom stereocenters. The van der Waals surface area contributed by atoms with Gasteiger partial charge in [0.15, 0.2) is 5.78 Å². The summed E-state index contributed by atoms with van der Waals surface area (Å²) in [7, 11) is 0. The highest BCUT2D eigenvalue weighted by Gasteiger charge is 2.17. The van der Waals surface area contributed by atoms with E-state index in [0.717, 1.165) is 5.56 Å². The molecule has 1 aromatic heterocycles. The number of aromatic nitrogens is 1. The molecule has 1 aromatic rings. The van der Waals surface area contributed by atoms with Crippen LogP contribution in [0.5, 0.6) is 0 Å². The number of hydrogen-bond acceptors (Lipinski definition) is 2. The van der Waals surface area contributed by atoms with Crippen LogP contribution in [0.2, 0.25) is 5.02 Å². The minimum Gasteiger partial charge on any atom is -0.293 e. The zero-order valence-electron chi connectivity index (χ0n) is 8.38. The number of pyridine rings is 1. The molecule has 1 fully saturated rings. The molecule has 0 saturated heterocycles. The quantitative estimate of drug-likeness (QED) is 0.537. The second-order valence-electron chi connectivity index (χ2n) is 3.65. The van der Waals surface area contributed by atoms with Crippen LogP contribution in [0, 0.1) is 17.8 Å². The summed E-state index contributed by atoms with van der Waals surface area (Å²) in [4.78, 5) is 15.1. The van der Waals surface area contributed by atoms with E-state index < -0.39 is 0 Å². The normalized spacial score (nSPS) is 14.3. The lowest BCUT2D eigenvalue weighted by Gasteiger charge is -1.98. The molecule has 2 rings (SSSR count). The fraction of sp³-hybridized carbons (Fsp3) is 0.333. The average Bonchev–Trinajstić information content (AvgIpc) is 2.97. The van der Waals surface area contributed by atoms with Crippen molar-refractivity contribution in [2.24, 2.45) is 5.92 Å². The van der Waals surface area contributed by atoms with Crippen LogP contribution in [0.1, 0.15) is 35.8 Å². The molecule has 1 aliphatic carbocycles. The van der Waals surface area contributed by atoms with E-state index >= 15 is 0 Å². The van der Waals surface area contributed by atoms with Gasteiger partial charge in [0.1, 0.15) is 5.69 Å². The molecule has 0 aromatic carbocycles. The molecule has 0 aliphatic heterocycles. The van der Waals surface area contributed by atoms with E-state index in [1.54, 1.807) is 12.3 Å². The third-order valence-electron chi connectivity index (χ3n) is 2.17. The zero-order chi connectivity index (χ0) is 10.8. The number of carbonyl (C=O) groups is 1. The first-order valence-electron chi connectivity index (χ1n) is 4.85. The third kappa shape index (κ3) is 2.57. The van der Waals surface area contributed by atoms with Crippen LogP contribution in [0.4, 0.5) is 0 Å². The van der Waals surface area contributed by atoms with Crippen LogP contribution in [0.25, 0.3) is 0 Å². The minimum atomic E-state index is -0.123. The first kappa shape index (κ1) is 10.2. The zero-order valence-corrected chi connectivity index (χ0v) is 9.14. The summed E-state index contributed by atoms with van der Waals surface area (Å²) in [6, 6.07) is 1.70. The number of nitrogens with zero attached hydrogens (tertiary/aromatic N) is 1. The summed E-state index contributed by atoms with van der Waals surface area (Å²) in [5.41, 5.74) is 1.09. The Bertz CT molecular complexity index is 466. The van der Waals surface area contributed by atoms with Gasteiger partial charge in [0, 0.05) is 24.6 Å². The van der Waals surface area contributed by atoms with Gasteiger partial charge >= 0.3 is 0 Å². The van der Waals surface area contributed by atoms with Crippen molar-refractivity contribution in [1.82, 2.24) is 4.98 Å². The van der Waals surface area contributed by atoms with Gasteiger partial charge in [-0.1, -0.05) is 23.4 Å². The van der Waals surface area contributed by atoms with Crippen LogP contribution >= 0.6 is 11.6 Å². The second-order valence-corrected chi connectivity index (χ2v) is 4.06. The van der Waals surface area contributed by atoms with E-state index in [9.17, 15) is 4.79 Å². The fourth-order valence-electron chi connectivity index (χ4n) is 1.18. The second kappa shape index (κ2) is 4.04. The first-order chi connectivity index (χ1) is 7.16. The number of rotatable bonds is 1. The topological polar surface area (TPSA) is 30.0 Å². The van der Waals surface area contributed by atoms with Crippen molar-refractivity contribution >= 4 is 17.4 Å². The fourth-order valence-corrected chi connectivity index (χ4v) is 1.48. The lowest BCUT2D eigenvalue weighted by atomic mass is 10.2. The summed E-state index contributed by atoms with van der Waals surface area (Å²) < 4.78 is 0. The minimum absolute atomic E-state index is 0.123. The Morgan fingerprint density at radius 2 is 2.33 bits per heavy atom. The molecular formula is C12H10ClNO. The van der Waals surface area contributed by atoms with Crippen molar-refractivity contribution in [3.8, 4) is 11.8 Å². The van der Waals surface area contributed by atoms with Crippen molar-refractivity contribution in [3.05, 3.63) is 28.5 Å². The van der Waals surface area contributed by atoms with Gasteiger partial charge in [-0.05, 0) is 18.9 Å². The van der Waals surface area contributed by atoms with E-state index in [4.69, 9.17) is 11.6 Å². The highest BCUT2D eigenvalue weighted by atomic mass is 35.5. The Hall–Kier alpha value is -1.33. The standard InChI is InChI=1S/C12H10ClNO/c1-8(15)12-11(13)6-10(7-14-12)5-4-9-2-3-9/h6-7,9H,2-3H2,1H3. The van der Waals surface area contributed by atoms with E-state index in [1.807, 2.05) is 0 Å². The molecular weight excluding hydrogens is 210 g/mol. The summed E-state index contributed by atoms with van der Waals surface area (Å²) in [6.45, 7) is 1.45. The number of Topliss-reactive ketones (excluding diaryl/α,β-unsaturated/α-hetero) is 1. The SMILES string of the molecule is CC(=O)c1ncc(C#CC2CC2)cc1Cl. The Balaban J connectivity index is 2.25. The predicted octanol–water partition coefficient (Wildman–Crippen LogP) is 2.70. The van der Waals surface area contributed by atoms with Crippen LogP contribution in [-0.4, -0.2) is 10.8 Å². The Morgan fingerprint density at radius 3 is 2.87 bits per heavy atom. The van der Waals surface area contributed by atoms with Crippen LogP contribution < -0.4 is 0 Å². The van der Waals surface area contributed by atoms with Crippen molar-refractivity contribution in [1.29, 1.82) is 0 Å². The summed E-state index contributed by atoms with van der Waals surface area (Å²) in [5, 5.41) is 0.380. The molecule has 1 saturated carbocycles. The van der Waals surface area contributed by atoms with Crippen LogP contribution in [0.15, 0.2) is 12.3 Å². The average molecular weight is 220 g/mol. The summed E-state index contributed by atoms with van der Waals surface area (Å²) in [5.74, 6) is 6.55. The van der Waals surface area contributed by atoms with Gasteiger partial charge in [0.25, 0.3) is 0 Å². The molecule has 15 heavy (non-hydrogen) atoms. The van der Waals surface area contributed by atoms with Crippen LogP contribution in [-0.2, 0) is 0 Å². The van der Waals surface area contributed by atoms with Crippen molar-refractivity contribution < 1.29 is 4.79 Å². The van der Waals surface area contributed by atoms with Gasteiger partial charge in [-0.3, -0.25) is 9.78 Å². The lowest BCUT2D eigenvalue weighted by molar-refractivity contribution is 0.101. The number of hydrogen-bond donors (Lipinski definition) is 0. The molecule has 0 bridgehead atoms. The molecule has 1 aliphatic rings. The molecule has 0 radical (unpaired) electrons. The molecule has 0 N–H and O–H groups in total. The smallest absolute Gasteiger partial charge is 0.179 e. The van der Waals surface area contributed by atoms with E-state index in [1.165, 1.54) is 19.8 Å². The highest BCUT2D eigenvalue weighted by molar-refractivity contribution is 6.33. The molecule has 0 atom stereocenters. The highest BCUT2D eigenvalue weighted by Crippen LogP contribution is 2.27. The number of halogens is 1. The summed E-state index contributed by atoms with van der Waals surface area (Å²) >= 11 is 5.90. The number of ketones is 1. The van der Waals surface area contributed by atoms with Gasteiger partial charge in [-0.15, -0.1) is 0 Å². The Labute approximate surface area is 93.7 Å². The lowest BCUT2D eigenvalue weighted by Crippen LogP contribution is -1.97. The monoisotopic (exact) mass is 219 g/mol. The largest absolute Gasteiger partial charge is 0.293 e. The van der Waals surface area contributed by atoms with Crippen molar-refractivity contribution in [2.45, 2.75) is 19.8 Å². The third-order valence-corrected chi connectivity index (χ3v) is 2.46. The number of carbonyl (C=O) groups excluding carboxylic acids is 1. The summed E-state index contributed by atoms with van der Waals surface area (Å²) in [6.07, 6.45) is 3.98. The maximum atomic E-state index is 11.1. The maximum Gasteiger partial charge on any atom is 0.179 e. The van der Waals surface area contributed by atoms with Gasteiger partial charge in [0.05, 0.1) is 5.02 Å². The maximum absolute atomic E-state index is 11.1. The van der Waals surface area contributed by atoms with Gasteiger partial charge < -0.3 is 0 Å². The first-order valence-corrected chi connectivity index (χ1v) is 5.22. The molecule has 3 heteroatoms. The van der Waals surface area contributed by atoms with E-state index in [2.05, 4.69) is 16.8 Å². The molecule has 0 spiro atoms. The van der Waals surface area contributed by atoms with Gasteiger partial charge in [-0.25, -0.2) is 0 Å². The van der Waals surface area contributed by atoms with Gasteiger partial charge in [0.2, 0.25) is 0 Å². The predicted molar refractivity (Wildman–Crippen MR) is 58.9 cm³/mol. The molecule has 76 valence electrons. The Kier molecular flexibility index (Phi) is 2.75. The Morgan fingerprint density at radius 1 is 1.60 bits per heavy atom. The van der Waals surface area contributed by atoms with E-state index in [0.29, 0.717) is 16.6 Å². The van der Waals surface area contributed by atoms with Crippen molar-refractivity contribution in [3.63, 3.8) is 0 Å².